The zero-order chi connectivity index (χ0) is 12.4. The van der Waals surface area contributed by atoms with Crippen molar-refractivity contribution in [2.24, 2.45) is 5.92 Å². The minimum absolute atomic E-state index is 0.00651. The lowest BCUT2D eigenvalue weighted by atomic mass is 10.1. The fourth-order valence-electron chi connectivity index (χ4n) is 1.54. The molecule has 1 aromatic heterocycles. The Bertz CT molecular complexity index is 548. The molecule has 0 unspecified atom stereocenters. The number of hydrogen-bond donors (Lipinski definition) is 2. The number of rotatable bonds is 3. The van der Waals surface area contributed by atoms with E-state index in [1.165, 1.54) is 11.3 Å². The largest absolute Gasteiger partial charge is 0.399 e. The third-order valence-electron chi connectivity index (χ3n) is 2.25. The highest BCUT2D eigenvalue weighted by Crippen LogP contribution is 2.27. The van der Waals surface area contributed by atoms with Crippen LogP contribution in [0.25, 0.3) is 10.2 Å². The molecule has 5 heteroatoms. The normalized spacial score (nSPS) is 11.0. The van der Waals surface area contributed by atoms with E-state index in [1.54, 1.807) is 0 Å². The molecule has 0 atom stereocenters. The minimum Gasteiger partial charge on any atom is -0.399 e. The number of nitrogens with two attached hydrogens (primary N) is 1. The number of carbonyl (C=O) groups excluding carboxylic acids is 1. The molecule has 0 spiro atoms. The van der Waals surface area contributed by atoms with E-state index in [9.17, 15) is 4.79 Å². The third kappa shape index (κ3) is 2.94. The molecule has 1 amide bonds. The first-order chi connectivity index (χ1) is 8.04. The molecule has 0 saturated heterocycles. The van der Waals surface area contributed by atoms with Gasteiger partial charge in [-0.2, -0.15) is 0 Å². The molecular formula is C12H15N3OS. The SMILES string of the molecule is CC(C)CC(=O)Nc1nc2ccc(N)cc2s1. The van der Waals surface area contributed by atoms with Gasteiger partial charge < -0.3 is 11.1 Å². The number of hydrogen-bond acceptors (Lipinski definition) is 4. The van der Waals surface area contributed by atoms with E-state index in [2.05, 4.69) is 10.3 Å². The van der Waals surface area contributed by atoms with Crippen molar-refractivity contribution in [3.63, 3.8) is 0 Å². The lowest BCUT2D eigenvalue weighted by Crippen LogP contribution is -2.13. The molecule has 0 fully saturated rings. The molecule has 1 aromatic carbocycles. The van der Waals surface area contributed by atoms with E-state index in [-0.39, 0.29) is 5.91 Å². The summed E-state index contributed by atoms with van der Waals surface area (Å²) in [6.45, 7) is 4.03. The molecule has 0 aliphatic heterocycles. The standard InChI is InChI=1S/C12H15N3OS/c1-7(2)5-11(16)15-12-14-9-4-3-8(13)6-10(9)17-12/h3-4,6-7H,5,13H2,1-2H3,(H,14,15,16). The number of aromatic nitrogens is 1. The Morgan fingerprint density at radius 1 is 1.53 bits per heavy atom. The summed E-state index contributed by atoms with van der Waals surface area (Å²) in [6, 6.07) is 5.53. The van der Waals surface area contributed by atoms with Crippen LogP contribution in [0.2, 0.25) is 0 Å². The van der Waals surface area contributed by atoms with Crippen LogP contribution >= 0.6 is 11.3 Å². The van der Waals surface area contributed by atoms with Gasteiger partial charge in [-0.25, -0.2) is 4.98 Å². The lowest BCUT2D eigenvalue weighted by Gasteiger charge is -2.03. The maximum Gasteiger partial charge on any atom is 0.226 e. The number of nitrogens with zero attached hydrogens (tertiary/aromatic N) is 1. The monoisotopic (exact) mass is 249 g/mol. The molecule has 4 nitrogen and oxygen atoms in total. The van der Waals surface area contributed by atoms with Crippen LogP contribution in [-0.2, 0) is 4.79 Å². The first kappa shape index (κ1) is 11.9. The van der Waals surface area contributed by atoms with Gasteiger partial charge in [-0.15, -0.1) is 0 Å². The molecule has 2 aromatic rings. The summed E-state index contributed by atoms with van der Waals surface area (Å²) < 4.78 is 0.991. The van der Waals surface area contributed by atoms with Crippen molar-refractivity contribution in [1.29, 1.82) is 0 Å². The Labute approximate surface area is 104 Å². The summed E-state index contributed by atoms with van der Waals surface area (Å²) >= 11 is 1.44. The highest BCUT2D eigenvalue weighted by molar-refractivity contribution is 7.22. The molecule has 3 N–H and O–H groups in total. The fourth-order valence-corrected chi connectivity index (χ4v) is 2.47. The van der Waals surface area contributed by atoms with Gasteiger partial charge in [0.05, 0.1) is 10.2 Å². The van der Waals surface area contributed by atoms with Crippen LogP contribution in [0.5, 0.6) is 0 Å². The molecule has 0 radical (unpaired) electrons. The Kier molecular flexibility index (Phi) is 3.28. The summed E-state index contributed by atoms with van der Waals surface area (Å²) in [6.07, 6.45) is 0.512. The maximum atomic E-state index is 11.6. The van der Waals surface area contributed by atoms with Crippen LogP contribution in [0.15, 0.2) is 18.2 Å². The van der Waals surface area contributed by atoms with Crippen LogP contribution in [0.4, 0.5) is 10.8 Å². The Hall–Kier alpha value is -1.62. The van der Waals surface area contributed by atoms with Crippen molar-refractivity contribution < 1.29 is 4.79 Å². The molecule has 2 rings (SSSR count). The first-order valence-electron chi connectivity index (χ1n) is 5.50. The summed E-state index contributed by atoms with van der Waals surface area (Å²) in [4.78, 5) is 15.9. The minimum atomic E-state index is 0.00651. The quantitative estimate of drug-likeness (QED) is 0.822. The average molecular weight is 249 g/mol. The van der Waals surface area contributed by atoms with E-state index in [0.717, 1.165) is 10.2 Å². The van der Waals surface area contributed by atoms with Crippen LogP contribution in [0.1, 0.15) is 20.3 Å². The van der Waals surface area contributed by atoms with Gasteiger partial charge in [-0.3, -0.25) is 4.79 Å². The predicted octanol–water partition coefficient (Wildman–Crippen LogP) is 2.86. The summed E-state index contributed by atoms with van der Waals surface area (Å²) in [5.74, 6) is 0.354. The molecule has 17 heavy (non-hydrogen) atoms. The smallest absolute Gasteiger partial charge is 0.226 e. The first-order valence-corrected chi connectivity index (χ1v) is 6.32. The van der Waals surface area contributed by atoms with Gasteiger partial charge in [0, 0.05) is 12.1 Å². The van der Waals surface area contributed by atoms with E-state index in [4.69, 9.17) is 5.73 Å². The van der Waals surface area contributed by atoms with Crippen molar-refractivity contribution in [1.82, 2.24) is 4.98 Å². The van der Waals surface area contributed by atoms with Gasteiger partial charge in [0.1, 0.15) is 0 Å². The summed E-state index contributed by atoms with van der Waals surface area (Å²) in [5, 5.41) is 3.45. The van der Waals surface area contributed by atoms with Crippen LogP contribution in [-0.4, -0.2) is 10.9 Å². The maximum absolute atomic E-state index is 11.6. The van der Waals surface area contributed by atoms with Gasteiger partial charge in [0.25, 0.3) is 0 Å². The number of carbonyl (C=O) groups is 1. The van der Waals surface area contributed by atoms with E-state index in [0.29, 0.717) is 23.2 Å². The van der Waals surface area contributed by atoms with Gasteiger partial charge in [-0.1, -0.05) is 25.2 Å². The second kappa shape index (κ2) is 4.71. The van der Waals surface area contributed by atoms with Crippen LogP contribution in [0.3, 0.4) is 0 Å². The lowest BCUT2D eigenvalue weighted by molar-refractivity contribution is -0.116. The third-order valence-corrected chi connectivity index (χ3v) is 3.19. The molecular weight excluding hydrogens is 234 g/mol. The molecule has 0 aliphatic rings. The van der Waals surface area contributed by atoms with Gasteiger partial charge in [0.15, 0.2) is 5.13 Å². The van der Waals surface area contributed by atoms with E-state index < -0.39 is 0 Å². The van der Waals surface area contributed by atoms with Crippen molar-refractivity contribution >= 4 is 38.3 Å². The molecule has 1 heterocycles. The fraction of sp³-hybridized carbons (Fsp3) is 0.333. The second-order valence-corrected chi connectivity index (χ2v) is 5.42. The predicted molar refractivity (Wildman–Crippen MR) is 72.1 cm³/mol. The number of amides is 1. The Morgan fingerprint density at radius 2 is 2.29 bits per heavy atom. The van der Waals surface area contributed by atoms with E-state index >= 15 is 0 Å². The van der Waals surface area contributed by atoms with Crippen LogP contribution in [0, 0.1) is 5.92 Å². The molecule has 0 saturated carbocycles. The zero-order valence-electron chi connectivity index (χ0n) is 9.86. The highest BCUT2D eigenvalue weighted by atomic mass is 32.1. The van der Waals surface area contributed by atoms with Crippen molar-refractivity contribution in [3.05, 3.63) is 18.2 Å². The number of anilines is 2. The van der Waals surface area contributed by atoms with Gasteiger partial charge in [0.2, 0.25) is 5.91 Å². The topological polar surface area (TPSA) is 68.0 Å². The molecule has 0 aliphatic carbocycles. The second-order valence-electron chi connectivity index (χ2n) is 4.39. The van der Waals surface area contributed by atoms with E-state index in [1.807, 2.05) is 32.0 Å². The zero-order valence-corrected chi connectivity index (χ0v) is 10.7. The van der Waals surface area contributed by atoms with Crippen molar-refractivity contribution in [2.75, 3.05) is 11.1 Å². The van der Waals surface area contributed by atoms with Gasteiger partial charge >= 0.3 is 0 Å². The summed E-state index contributed by atoms with van der Waals surface area (Å²) in [7, 11) is 0. The Balaban J connectivity index is 2.17. The molecule has 90 valence electrons. The number of fused-ring (bicyclic) bond motifs is 1. The Morgan fingerprint density at radius 3 is 3.00 bits per heavy atom. The number of nitrogens with one attached hydrogen (secondary N) is 1. The number of nitrogen functional groups attached to an aromatic ring is 1. The van der Waals surface area contributed by atoms with Crippen LogP contribution < -0.4 is 11.1 Å². The van der Waals surface area contributed by atoms with Crippen molar-refractivity contribution in [3.8, 4) is 0 Å². The molecule has 0 bridgehead atoms. The summed E-state index contributed by atoms with van der Waals surface area (Å²) in [5.41, 5.74) is 7.27. The average Bonchev–Trinajstić information content (AvgIpc) is 2.57. The van der Waals surface area contributed by atoms with Gasteiger partial charge in [-0.05, 0) is 24.1 Å². The highest BCUT2D eigenvalue weighted by Gasteiger charge is 2.09. The number of thiazole rings is 1. The number of benzene rings is 1. The van der Waals surface area contributed by atoms with Crippen molar-refractivity contribution in [2.45, 2.75) is 20.3 Å².